The number of nitrogens with one attached hydrogen (secondary N) is 1. The van der Waals surface area contributed by atoms with E-state index in [0.29, 0.717) is 18.2 Å². The molecule has 1 N–H and O–H groups in total. The van der Waals surface area contributed by atoms with Crippen LogP contribution in [0.1, 0.15) is 11.4 Å². The number of fused-ring (bicyclic) bond motifs is 2. The van der Waals surface area contributed by atoms with Gasteiger partial charge in [0.05, 0.1) is 11.0 Å². The van der Waals surface area contributed by atoms with Crippen molar-refractivity contribution < 1.29 is 9.47 Å². The van der Waals surface area contributed by atoms with E-state index in [1.54, 1.807) is 0 Å². The molecule has 0 aliphatic carbocycles. The number of halogens is 1. The molecule has 0 spiro atoms. The molecule has 0 unspecified atom stereocenters. The largest absolute Gasteiger partial charge is 0.454 e. The van der Waals surface area contributed by atoms with Gasteiger partial charge in [0.25, 0.3) is 0 Å². The minimum atomic E-state index is 0.294. The van der Waals surface area contributed by atoms with E-state index in [2.05, 4.69) is 9.97 Å². The molecular formula is C15H11ClN2O2. The maximum atomic E-state index is 5.97. The van der Waals surface area contributed by atoms with Crippen molar-refractivity contribution in [3.63, 3.8) is 0 Å². The van der Waals surface area contributed by atoms with E-state index < -0.39 is 0 Å². The Morgan fingerprint density at radius 2 is 2.00 bits per heavy atom. The average Bonchev–Trinajstić information content (AvgIpc) is 3.03. The van der Waals surface area contributed by atoms with Crippen molar-refractivity contribution >= 4 is 22.6 Å². The fraction of sp³-hybridized carbons (Fsp3) is 0.133. The zero-order chi connectivity index (χ0) is 13.5. The Morgan fingerprint density at radius 1 is 1.10 bits per heavy atom. The summed E-state index contributed by atoms with van der Waals surface area (Å²) in [6.45, 7) is 0.294. The standard InChI is InChI=1S/C15H11ClN2O2/c16-10-2-3-11-12(7-10)18-15(17-11)6-9-1-4-13-14(5-9)20-8-19-13/h1-5,7H,6,8H2,(H,17,18). The molecular weight excluding hydrogens is 276 g/mol. The van der Waals surface area contributed by atoms with Crippen LogP contribution in [0.4, 0.5) is 0 Å². The van der Waals surface area contributed by atoms with Crippen LogP contribution < -0.4 is 9.47 Å². The van der Waals surface area contributed by atoms with Gasteiger partial charge in [0.15, 0.2) is 11.5 Å². The number of H-pyrrole nitrogens is 1. The molecule has 0 saturated carbocycles. The third-order valence-corrected chi connectivity index (χ3v) is 3.54. The SMILES string of the molecule is Clc1ccc2nc(Cc3ccc4c(c3)OCO4)[nH]c2c1. The molecule has 4 rings (SSSR count). The van der Waals surface area contributed by atoms with E-state index in [1.807, 2.05) is 36.4 Å². The van der Waals surface area contributed by atoms with Gasteiger partial charge in [-0.15, -0.1) is 0 Å². The van der Waals surface area contributed by atoms with Gasteiger partial charge >= 0.3 is 0 Å². The van der Waals surface area contributed by atoms with Crippen molar-refractivity contribution in [3.05, 3.63) is 52.8 Å². The fourth-order valence-electron chi connectivity index (χ4n) is 2.36. The van der Waals surface area contributed by atoms with Gasteiger partial charge < -0.3 is 14.5 Å². The van der Waals surface area contributed by atoms with Crippen LogP contribution in [-0.4, -0.2) is 16.8 Å². The van der Waals surface area contributed by atoms with Crippen LogP contribution in [0.25, 0.3) is 11.0 Å². The lowest BCUT2D eigenvalue weighted by molar-refractivity contribution is 0.174. The van der Waals surface area contributed by atoms with Gasteiger partial charge in [0.1, 0.15) is 5.82 Å². The second-order valence-corrected chi connectivity index (χ2v) is 5.15. The second kappa shape index (κ2) is 4.42. The van der Waals surface area contributed by atoms with E-state index in [0.717, 1.165) is 33.9 Å². The quantitative estimate of drug-likeness (QED) is 0.784. The zero-order valence-corrected chi connectivity index (χ0v) is 11.3. The van der Waals surface area contributed by atoms with Crippen LogP contribution in [0.15, 0.2) is 36.4 Å². The number of nitrogens with zero attached hydrogens (tertiary/aromatic N) is 1. The Balaban J connectivity index is 1.66. The monoisotopic (exact) mass is 286 g/mol. The first-order chi connectivity index (χ1) is 9.78. The van der Waals surface area contributed by atoms with Crippen LogP contribution in [0.2, 0.25) is 5.02 Å². The number of hydrogen-bond acceptors (Lipinski definition) is 3. The van der Waals surface area contributed by atoms with Gasteiger partial charge in [-0.2, -0.15) is 0 Å². The summed E-state index contributed by atoms with van der Waals surface area (Å²) < 4.78 is 10.7. The third kappa shape index (κ3) is 1.98. The Morgan fingerprint density at radius 3 is 2.95 bits per heavy atom. The van der Waals surface area contributed by atoms with Crippen LogP contribution in [-0.2, 0) is 6.42 Å². The van der Waals surface area contributed by atoms with Gasteiger partial charge in [-0.05, 0) is 35.9 Å². The third-order valence-electron chi connectivity index (χ3n) is 3.30. The molecule has 0 radical (unpaired) electrons. The first-order valence-corrected chi connectivity index (χ1v) is 6.68. The van der Waals surface area contributed by atoms with Gasteiger partial charge in [-0.1, -0.05) is 17.7 Å². The van der Waals surface area contributed by atoms with E-state index in [1.165, 1.54) is 0 Å². The predicted molar refractivity (Wildman–Crippen MR) is 76.5 cm³/mol. The summed E-state index contributed by atoms with van der Waals surface area (Å²) in [5.74, 6) is 2.49. The van der Waals surface area contributed by atoms with Crippen LogP contribution in [0.5, 0.6) is 11.5 Å². The van der Waals surface area contributed by atoms with Crippen molar-refractivity contribution in [2.45, 2.75) is 6.42 Å². The normalized spacial score (nSPS) is 13.1. The van der Waals surface area contributed by atoms with Crippen LogP contribution >= 0.6 is 11.6 Å². The molecule has 0 amide bonds. The lowest BCUT2D eigenvalue weighted by Gasteiger charge is -2.00. The Kier molecular flexibility index (Phi) is 2.57. The van der Waals surface area contributed by atoms with Crippen molar-refractivity contribution in [2.24, 2.45) is 0 Å². The van der Waals surface area contributed by atoms with E-state index >= 15 is 0 Å². The molecule has 0 fully saturated rings. The minimum Gasteiger partial charge on any atom is -0.454 e. The predicted octanol–water partition coefficient (Wildman–Crippen LogP) is 3.54. The molecule has 20 heavy (non-hydrogen) atoms. The number of aromatic nitrogens is 2. The smallest absolute Gasteiger partial charge is 0.231 e. The van der Waals surface area contributed by atoms with Gasteiger partial charge in [-0.3, -0.25) is 0 Å². The van der Waals surface area contributed by atoms with Crippen molar-refractivity contribution in [3.8, 4) is 11.5 Å². The molecule has 1 aliphatic rings. The summed E-state index contributed by atoms with van der Waals surface area (Å²) in [6, 6.07) is 11.6. The van der Waals surface area contributed by atoms with E-state index in [9.17, 15) is 0 Å². The molecule has 2 aromatic carbocycles. The highest BCUT2D eigenvalue weighted by Crippen LogP contribution is 2.33. The highest BCUT2D eigenvalue weighted by molar-refractivity contribution is 6.31. The zero-order valence-electron chi connectivity index (χ0n) is 10.5. The average molecular weight is 287 g/mol. The minimum absolute atomic E-state index is 0.294. The maximum Gasteiger partial charge on any atom is 0.231 e. The fourth-order valence-corrected chi connectivity index (χ4v) is 2.53. The number of aromatic amines is 1. The summed E-state index contributed by atoms with van der Waals surface area (Å²) in [7, 11) is 0. The Labute approximate surface area is 120 Å². The van der Waals surface area contributed by atoms with Crippen molar-refractivity contribution in [1.29, 1.82) is 0 Å². The molecule has 2 heterocycles. The highest BCUT2D eigenvalue weighted by Gasteiger charge is 2.14. The van der Waals surface area contributed by atoms with Gasteiger partial charge in [-0.25, -0.2) is 4.98 Å². The second-order valence-electron chi connectivity index (χ2n) is 4.71. The summed E-state index contributed by atoms with van der Waals surface area (Å²) in [4.78, 5) is 7.84. The van der Waals surface area contributed by atoms with Crippen LogP contribution in [0.3, 0.4) is 0 Å². The Hall–Kier alpha value is -2.20. The summed E-state index contributed by atoms with van der Waals surface area (Å²) in [6.07, 6.45) is 0.711. The number of ether oxygens (including phenoxy) is 2. The first kappa shape index (κ1) is 11.6. The molecule has 0 bridgehead atoms. The van der Waals surface area contributed by atoms with Gasteiger partial charge in [0.2, 0.25) is 6.79 Å². The lowest BCUT2D eigenvalue weighted by Crippen LogP contribution is -1.93. The van der Waals surface area contributed by atoms with E-state index in [-0.39, 0.29) is 0 Å². The molecule has 100 valence electrons. The number of rotatable bonds is 2. The van der Waals surface area contributed by atoms with Crippen LogP contribution in [0, 0.1) is 0 Å². The number of imidazole rings is 1. The maximum absolute atomic E-state index is 5.97. The van der Waals surface area contributed by atoms with Crippen molar-refractivity contribution in [1.82, 2.24) is 9.97 Å². The molecule has 5 heteroatoms. The molecule has 0 atom stereocenters. The first-order valence-electron chi connectivity index (χ1n) is 6.30. The molecule has 0 saturated heterocycles. The topological polar surface area (TPSA) is 47.1 Å². The van der Waals surface area contributed by atoms with Crippen molar-refractivity contribution in [2.75, 3.05) is 6.79 Å². The van der Waals surface area contributed by atoms with E-state index in [4.69, 9.17) is 21.1 Å². The molecule has 1 aromatic heterocycles. The highest BCUT2D eigenvalue weighted by atomic mass is 35.5. The summed E-state index contributed by atoms with van der Waals surface area (Å²) in [5.41, 5.74) is 3.00. The number of hydrogen-bond donors (Lipinski definition) is 1. The Bertz CT molecular complexity index is 798. The summed E-state index contributed by atoms with van der Waals surface area (Å²) in [5, 5.41) is 0.704. The van der Waals surface area contributed by atoms with Gasteiger partial charge in [0, 0.05) is 11.4 Å². The lowest BCUT2D eigenvalue weighted by atomic mass is 10.1. The molecule has 1 aliphatic heterocycles. The molecule has 3 aromatic rings. The number of benzene rings is 2. The summed E-state index contributed by atoms with van der Waals surface area (Å²) >= 11 is 5.97. The molecule has 4 nitrogen and oxygen atoms in total.